The van der Waals surface area contributed by atoms with Crippen molar-refractivity contribution in [2.24, 2.45) is 0 Å². The van der Waals surface area contributed by atoms with Gasteiger partial charge in [-0.05, 0) is 6.42 Å². The van der Waals surface area contributed by atoms with Crippen LogP contribution < -0.4 is 0 Å². The quantitative estimate of drug-likeness (QED) is 0.542. The Bertz CT molecular complexity index is 46.9. The van der Waals surface area contributed by atoms with Crippen molar-refractivity contribution in [3.05, 3.63) is 13.3 Å². The predicted molar refractivity (Wildman–Crippen MR) is 56.9 cm³/mol. The molecule has 0 unspecified atom stereocenters. The average molecular weight is 168 g/mol. The van der Waals surface area contributed by atoms with Crippen LogP contribution in [0.5, 0.6) is 0 Å². The van der Waals surface area contributed by atoms with Crippen LogP contribution in [0.25, 0.3) is 0 Å². The molecule has 0 amide bonds. The number of rotatable bonds is 3. The van der Waals surface area contributed by atoms with Gasteiger partial charge in [-0.15, -0.1) is 0 Å². The van der Waals surface area contributed by atoms with Crippen LogP contribution in [0, 0.1) is 13.3 Å². The molecule has 2 radical (unpaired) electrons. The van der Waals surface area contributed by atoms with E-state index in [4.69, 9.17) is 0 Å². The zero-order chi connectivity index (χ0) is 9.07. The summed E-state index contributed by atoms with van der Waals surface area (Å²) in [5.74, 6) is 0. The average Bonchev–Trinajstić information content (AvgIpc) is 2.18. The van der Waals surface area contributed by atoms with E-state index >= 15 is 0 Å². The maximum Gasteiger partial charge on any atom is -0.0386 e. The van der Waals surface area contributed by atoms with Gasteiger partial charge in [0.1, 0.15) is 0 Å². The molecule has 0 N–H and O–H groups in total. The Morgan fingerprint density at radius 3 is 1.92 bits per heavy atom. The first-order valence-electron chi connectivity index (χ1n) is 5.52. The normalized spacial score (nSPS) is 16.5. The number of unbranched alkanes of at least 4 members (excludes halogenated alkanes) is 3. The summed E-state index contributed by atoms with van der Waals surface area (Å²) in [6.45, 7) is 5.93. The number of hydrogen-bond acceptors (Lipinski definition) is 0. The standard InChI is InChI=1S/C6H11.C6H13/c1-2-4-6-5-3-1;1-3-5-6-4-2/h1H,2-6H2;1,3-6H2,2H3. The van der Waals surface area contributed by atoms with E-state index in [1.165, 1.54) is 51.4 Å². The van der Waals surface area contributed by atoms with Crippen LogP contribution in [0.3, 0.4) is 0 Å². The molecule has 1 fully saturated rings. The first-order valence-corrected chi connectivity index (χ1v) is 5.52. The van der Waals surface area contributed by atoms with Crippen molar-refractivity contribution < 1.29 is 0 Å². The molecule has 0 atom stereocenters. The Labute approximate surface area is 78.8 Å². The fourth-order valence-electron chi connectivity index (χ4n) is 1.33. The molecule has 12 heavy (non-hydrogen) atoms. The van der Waals surface area contributed by atoms with Gasteiger partial charge in [-0.3, -0.25) is 0 Å². The minimum atomic E-state index is 1.10. The Balaban J connectivity index is 0.000000202. The van der Waals surface area contributed by atoms with Gasteiger partial charge in [-0.1, -0.05) is 71.6 Å². The molecule has 0 aromatic carbocycles. The third-order valence-corrected chi connectivity index (χ3v) is 2.17. The highest BCUT2D eigenvalue weighted by molar-refractivity contribution is 4.69. The van der Waals surface area contributed by atoms with Gasteiger partial charge in [0.2, 0.25) is 0 Å². The smallest absolute Gasteiger partial charge is 0.0386 e. The van der Waals surface area contributed by atoms with Gasteiger partial charge in [-0.25, -0.2) is 0 Å². The molecule has 1 saturated carbocycles. The lowest BCUT2D eigenvalue weighted by atomic mass is 10.0. The van der Waals surface area contributed by atoms with Crippen molar-refractivity contribution in [1.29, 1.82) is 0 Å². The Kier molecular flexibility index (Phi) is 11.0. The van der Waals surface area contributed by atoms with E-state index in [1.54, 1.807) is 0 Å². The minimum Gasteiger partial charge on any atom is -0.0654 e. The van der Waals surface area contributed by atoms with Crippen LogP contribution in [0.4, 0.5) is 0 Å². The lowest BCUT2D eigenvalue weighted by molar-refractivity contribution is 0.593. The highest BCUT2D eigenvalue weighted by atomic mass is 14.0. The molecule has 0 spiro atoms. The van der Waals surface area contributed by atoms with Crippen molar-refractivity contribution in [2.45, 2.75) is 64.7 Å². The lowest BCUT2D eigenvalue weighted by Gasteiger charge is -2.05. The molecule has 0 aromatic heterocycles. The summed E-state index contributed by atoms with van der Waals surface area (Å²) in [6.07, 6.45) is 14.6. The van der Waals surface area contributed by atoms with E-state index in [-0.39, 0.29) is 0 Å². The zero-order valence-corrected chi connectivity index (χ0v) is 8.65. The summed E-state index contributed by atoms with van der Waals surface area (Å²) in [5.41, 5.74) is 0. The van der Waals surface area contributed by atoms with E-state index < -0.39 is 0 Å². The molecule has 0 aromatic rings. The zero-order valence-electron chi connectivity index (χ0n) is 8.65. The third-order valence-electron chi connectivity index (χ3n) is 2.17. The van der Waals surface area contributed by atoms with Crippen molar-refractivity contribution in [3.63, 3.8) is 0 Å². The monoisotopic (exact) mass is 168 g/mol. The van der Waals surface area contributed by atoms with Crippen LogP contribution in [0.2, 0.25) is 0 Å². The highest BCUT2D eigenvalue weighted by Crippen LogP contribution is 2.14. The second kappa shape index (κ2) is 11.0. The Hall–Kier alpha value is 0. The third kappa shape index (κ3) is 10.0. The Morgan fingerprint density at radius 1 is 1.08 bits per heavy atom. The van der Waals surface area contributed by atoms with Gasteiger partial charge in [0.05, 0.1) is 0 Å². The van der Waals surface area contributed by atoms with Crippen molar-refractivity contribution in [1.82, 2.24) is 0 Å². The van der Waals surface area contributed by atoms with E-state index in [9.17, 15) is 0 Å². The summed E-state index contributed by atoms with van der Waals surface area (Å²) >= 11 is 0. The molecule has 0 heteroatoms. The summed E-state index contributed by atoms with van der Waals surface area (Å²) in [6, 6.07) is 0. The molecular weight excluding hydrogens is 144 g/mol. The fourth-order valence-corrected chi connectivity index (χ4v) is 1.33. The largest absolute Gasteiger partial charge is 0.0654 e. The van der Waals surface area contributed by atoms with Crippen LogP contribution in [-0.4, -0.2) is 0 Å². The lowest BCUT2D eigenvalue weighted by Crippen LogP contribution is -1.87. The minimum absolute atomic E-state index is 1.10. The SMILES string of the molecule is [CH2]CCCCC.[CH]1CCCCC1. The van der Waals surface area contributed by atoms with Crippen molar-refractivity contribution in [2.75, 3.05) is 0 Å². The highest BCUT2D eigenvalue weighted by Gasteiger charge is 1.95. The number of hydrogen-bond donors (Lipinski definition) is 0. The second-order valence-corrected chi connectivity index (χ2v) is 3.49. The van der Waals surface area contributed by atoms with Crippen molar-refractivity contribution in [3.8, 4) is 0 Å². The van der Waals surface area contributed by atoms with Gasteiger partial charge in [0.15, 0.2) is 0 Å². The molecule has 1 aliphatic rings. The molecule has 0 heterocycles. The molecule has 0 saturated heterocycles. The van der Waals surface area contributed by atoms with Crippen LogP contribution in [0.15, 0.2) is 0 Å². The topological polar surface area (TPSA) is 0 Å². The summed E-state index contributed by atoms with van der Waals surface area (Å²) < 4.78 is 0. The maximum atomic E-state index is 3.72. The van der Waals surface area contributed by atoms with E-state index in [0.717, 1.165) is 6.42 Å². The predicted octanol–water partition coefficient (Wildman–Crippen LogP) is 4.56. The van der Waals surface area contributed by atoms with Gasteiger partial charge in [0.25, 0.3) is 0 Å². The van der Waals surface area contributed by atoms with E-state index in [1.807, 2.05) is 0 Å². The molecule has 0 aliphatic heterocycles. The van der Waals surface area contributed by atoms with Gasteiger partial charge in [-0.2, -0.15) is 0 Å². The Morgan fingerprint density at radius 2 is 1.75 bits per heavy atom. The summed E-state index contributed by atoms with van der Waals surface area (Å²) in [5, 5.41) is 0. The summed E-state index contributed by atoms with van der Waals surface area (Å²) in [4.78, 5) is 0. The molecule has 0 nitrogen and oxygen atoms in total. The molecule has 0 bridgehead atoms. The van der Waals surface area contributed by atoms with Gasteiger partial charge >= 0.3 is 0 Å². The first-order chi connectivity index (χ1) is 5.91. The van der Waals surface area contributed by atoms with Crippen LogP contribution in [0.1, 0.15) is 64.7 Å². The van der Waals surface area contributed by atoms with E-state index in [2.05, 4.69) is 20.3 Å². The van der Waals surface area contributed by atoms with Crippen molar-refractivity contribution >= 4 is 0 Å². The van der Waals surface area contributed by atoms with E-state index in [0.29, 0.717) is 0 Å². The molecular formula is C12H24. The molecule has 1 rings (SSSR count). The summed E-state index contributed by atoms with van der Waals surface area (Å²) in [7, 11) is 0. The van der Waals surface area contributed by atoms with Crippen LogP contribution in [-0.2, 0) is 0 Å². The van der Waals surface area contributed by atoms with Gasteiger partial charge in [0, 0.05) is 0 Å². The van der Waals surface area contributed by atoms with Gasteiger partial charge < -0.3 is 0 Å². The van der Waals surface area contributed by atoms with Crippen LogP contribution >= 0.6 is 0 Å². The fraction of sp³-hybridized carbons (Fsp3) is 0.833. The maximum absolute atomic E-state index is 3.72. The second-order valence-electron chi connectivity index (χ2n) is 3.49. The first kappa shape index (κ1) is 12.0. The molecule has 1 aliphatic carbocycles. The molecule has 72 valence electrons.